The Kier molecular flexibility index (Phi) is 5.52. The van der Waals surface area contributed by atoms with E-state index in [-0.39, 0.29) is 18.0 Å². The molecular weight excluding hydrogens is 381 g/mol. The van der Waals surface area contributed by atoms with E-state index in [1.165, 1.54) is 24.3 Å². The first kappa shape index (κ1) is 19.3. The Morgan fingerprint density at radius 1 is 0.767 bits per heavy atom. The summed E-state index contributed by atoms with van der Waals surface area (Å²) >= 11 is 0. The van der Waals surface area contributed by atoms with Gasteiger partial charge in [-0.15, -0.1) is 0 Å². The summed E-state index contributed by atoms with van der Waals surface area (Å²) in [7, 11) is 0. The van der Waals surface area contributed by atoms with E-state index in [0.29, 0.717) is 16.9 Å². The second-order valence-electron chi connectivity index (χ2n) is 6.71. The zero-order valence-corrected chi connectivity index (χ0v) is 16.0. The topological polar surface area (TPSA) is 55.4 Å². The van der Waals surface area contributed by atoms with Crippen LogP contribution in [-0.2, 0) is 6.54 Å². The summed E-state index contributed by atoms with van der Waals surface area (Å²) < 4.78 is 18.7. The van der Waals surface area contributed by atoms with Gasteiger partial charge in [0.1, 0.15) is 11.6 Å². The first-order valence-electron chi connectivity index (χ1n) is 9.43. The second-order valence-corrected chi connectivity index (χ2v) is 6.71. The highest BCUT2D eigenvalue weighted by Crippen LogP contribution is 2.29. The molecule has 0 fully saturated rings. The Balaban J connectivity index is 1.63. The van der Waals surface area contributed by atoms with Crippen molar-refractivity contribution in [2.24, 2.45) is 0 Å². The van der Waals surface area contributed by atoms with E-state index in [9.17, 15) is 14.0 Å². The van der Waals surface area contributed by atoms with Gasteiger partial charge in [-0.25, -0.2) is 9.18 Å². The van der Waals surface area contributed by atoms with Crippen molar-refractivity contribution in [2.75, 3.05) is 0 Å². The summed E-state index contributed by atoms with van der Waals surface area (Å²) in [6.07, 6.45) is 0. The molecule has 1 amide bonds. The highest BCUT2D eigenvalue weighted by molar-refractivity contribution is 5.96. The van der Waals surface area contributed by atoms with Gasteiger partial charge in [-0.2, -0.15) is 0 Å². The summed E-state index contributed by atoms with van der Waals surface area (Å²) in [6, 6.07) is 25.3. The van der Waals surface area contributed by atoms with Crippen LogP contribution in [0.15, 0.2) is 91.0 Å². The summed E-state index contributed by atoms with van der Waals surface area (Å²) in [6.45, 7) is 0.182. The molecule has 4 aromatic carbocycles. The number of amides is 1. The average molecular weight is 399 g/mol. The zero-order chi connectivity index (χ0) is 20.9. The monoisotopic (exact) mass is 399 g/mol. The van der Waals surface area contributed by atoms with Crippen molar-refractivity contribution in [1.82, 2.24) is 5.32 Å². The summed E-state index contributed by atoms with van der Waals surface area (Å²) in [5, 5.41) is 4.72. The van der Waals surface area contributed by atoms with Crippen molar-refractivity contribution in [2.45, 2.75) is 6.54 Å². The van der Waals surface area contributed by atoms with Crippen molar-refractivity contribution in [3.63, 3.8) is 0 Å². The maximum absolute atomic E-state index is 13.1. The highest BCUT2D eigenvalue weighted by atomic mass is 19.1. The molecule has 0 aromatic heterocycles. The lowest BCUT2D eigenvalue weighted by molar-refractivity contribution is 0.0733. The maximum Gasteiger partial charge on any atom is 0.343 e. The van der Waals surface area contributed by atoms with Crippen molar-refractivity contribution < 1.29 is 18.7 Å². The fourth-order valence-corrected chi connectivity index (χ4v) is 3.20. The number of rotatable bonds is 5. The smallest absolute Gasteiger partial charge is 0.343 e. The quantitative estimate of drug-likeness (QED) is 0.374. The number of fused-ring (bicyclic) bond motifs is 1. The van der Waals surface area contributed by atoms with E-state index < -0.39 is 11.8 Å². The Bertz CT molecular complexity index is 1200. The molecule has 0 atom stereocenters. The Labute approximate surface area is 172 Å². The van der Waals surface area contributed by atoms with Crippen molar-refractivity contribution in [3.8, 4) is 5.75 Å². The van der Waals surface area contributed by atoms with Crippen LogP contribution in [0.5, 0.6) is 5.75 Å². The first-order chi connectivity index (χ1) is 14.6. The normalized spacial score (nSPS) is 10.6. The summed E-state index contributed by atoms with van der Waals surface area (Å²) in [5.41, 5.74) is 1.47. The molecule has 0 aliphatic carbocycles. The molecule has 0 bridgehead atoms. The van der Waals surface area contributed by atoms with Crippen molar-refractivity contribution in [3.05, 3.63) is 114 Å². The number of esters is 1. The van der Waals surface area contributed by atoms with Crippen LogP contribution in [0.25, 0.3) is 10.8 Å². The molecule has 0 aliphatic heterocycles. The number of nitrogens with one attached hydrogen (secondary N) is 1. The molecule has 5 heteroatoms. The van der Waals surface area contributed by atoms with Crippen molar-refractivity contribution in [1.29, 1.82) is 0 Å². The molecule has 148 valence electrons. The minimum atomic E-state index is -0.596. The van der Waals surface area contributed by atoms with Gasteiger partial charge in [0.15, 0.2) is 0 Å². The van der Waals surface area contributed by atoms with Gasteiger partial charge >= 0.3 is 5.97 Å². The molecule has 0 heterocycles. The van der Waals surface area contributed by atoms with Crippen LogP contribution < -0.4 is 10.1 Å². The van der Waals surface area contributed by atoms with Gasteiger partial charge in [0.25, 0.3) is 5.91 Å². The minimum Gasteiger partial charge on any atom is -0.423 e. The molecule has 4 aromatic rings. The van der Waals surface area contributed by atoms with E-state index in [4.69, 9.17) is 4.74 Å². The molecule has 0 radical (unpaired) electrons. The van der Waals surface area contributed by atoms with Gasteiger partial charge in [0.05, 0.1) is 5.56 Å². The second kappa shape index (κ2) is 8.57. The molecule has 0 spiro atoms. The Morgan fingerprint density at radius 2 is 1.47 bits per heavy atom. The Hall–Kier alpha value is -3.99. The highest BCUT2D eigenvalue weighted by Gasteiger charge is 2.15. The number of ether oxygens (including phenoxy) is 1. The molecule has 0 unspecified atom stereocenters. The number of hydrogen-bond acceptors (Lipinski definition) is 3. The van der Waals surface area contributed by atoms with E-state index in [2.05, 4.69) is 5.32 Å². The molecule has 0 aliphatic rings. The largest absolute Gasteiger partial charge is 0.423 e. The van der Waals surface area contributed by atoms with Crippen LogP contribution in [0.2, 0.25) is 0 Å². The molecule has 0 saturated carbocycles. The number of hydrogen-bond donors (Lipinski definition) is 1. The van der Waals surface area contributed by atoms with Gasteiger partial charge in [-0.05, 0) is 53.2 Å². The van der Waals surface area contributed by atoms with Gasteiger partial charge < -0.3 is 10.1 Å². The molecule has 30 heavy (non-hydrogen) atoms. The molecule has 0 saturated heterocycles. The lowest BCUT2D eigenvalue weighted by Crippen LogP contribution is -2.23. The molecular formula is C25H18FNO3. The molecule has 1 N–H and O–H groups in total. The van der Waals surface area contributed by atoms with Crippen LogP contribution in [0.1, 0.15) is 26.3 Å². The van der Waals surface area contributed by atoms with Crippen LogP contribution in [0.4, 0.5) is 4.39 Å². The van der Waals surface area contributed by atoms with Crippen LogP contribution in [0.3, 0.4) is 0 Å². The van der Waals surface area contributed by atoms with Crippen LogP contribution in [-0.4, -0.2) is 11.9 Å². The summed E-state index contributed by atoms with van der Waals surface area (Å²) in [4.78, 5) is 25.0. The predicted octanol–water partition coefficient (Wildman–Crippen LogP) is 5.13. The molecule has 4 rings (SSSR count). The van der Waals surface area contributed by atoms with E-state index >= 15 is 0 Å². The fourth-order valence-electron chi connectivity index (χ4n) is 3.20. The number of carbonyl (C=O) groups excluding carboxylic acids is 2. The maximum atomic E-state index is 13.1. The van der Waals surface area contributed by atoms with Crippen LogP contribution >= 0.6 is 0 Å². The average Bonchev–Trinajstić information content (AvgIpc) is 2.79. The van der Waals surface area contributed by atoms with E-state index in [0.717, 1.165) is 10.8 Å². The third-order valence-corrected chi connectivity index (χ3v) is 4.74. The number of benzene rings is 4. The Morgan fingerprint density at radius 3 is 2.23 bits per heavy atom. The first-order valence-corrected chi connectivity index (χ1v) is 9.43. The molecule has 4 nitrogen and oxygen atoms in total. The van der Waals surface area contributed by atoms with E-state index in [1.54, 1.807) is 30.3 Å². The lowest BCUT2D eigenvalue weighted by atomic mass is 10.0. The summed E-state index contributed by atoms with van der Waals surface area (Å²) in [5.74, 6) is -0.904. The third kappa shape index (κ3) is 4.20. The van der Waals surface area contributed by atoms with Gasteiger partial charge in [-0.3, -0.25) is 4.79 Å². The van der Waals surface area contributed by atoms with Gasteiger partial charge in [0, 0.05) is 17.7 Å². The van der Waals surface area contributed by atoms with Gasteiger partial charge in [0.2, 0.25) is 0 Å². The standard InChI is InChI=1S/C25H18FNO3/c26-20-13-10-19(11-14-20)25(29)30-23-15-12-17-6-4-5-9-21(17)22(23)16-27-24(28)18-7-2-1-3-8-18/h1-15H,16H2,(H,27,28). The zero-order valence-electron chi connectivity index (χ0n) is 16.0. The minimum absolute atomic E-state index is 0.182. The van der Waals surface area contributed by atoms with E-state index in [1.807, 2.05) is 36.4 Å². The number of halogens is 1. The number of carbonyl (C=O) groups is 2. The lowest BCUT2D eigenvalue weighted by Gasteiger charge is -2.14. The van der Waals surface area contributed by atoms with Crippen molar-refractivity contribution >= 4 is 22.6 Å². The SMILES string of the molecule is O=C(NCc1c(OC(=O)c2ccc(F)cc2)ccc2ccccc12)c1ccccc1. The van der Waals surface area contributed by atoms with Crippen LogP contribution in [0, 0.1) is 5.82 Å². The third-order valence-electron chi connectivity index (χ3n) is 4.74. The fraction of sp³-hybridized carbons (Fsp3) is 0.0400. The van der Waals surface area contributed by atoms with Gasteiger partial charge in [-0.1, -0.05) is 48.5 Å². The predicted molar refractivity (Wildman–Crippen MR) is 113 cm³/mol.